The van der Waals surface area contributed by atoms with Crippen LogP contribution in [0, 0.1) is 0 Å². The average Bonchev–Trinajstić information content (AvgIpc) is 2.07. The van der Waals surface area contributed by atoms with Crippen LogP contribution in [0.5, 0.6) is 0 Å². The van der Waals surface area contributed by atoms with Crippen molar-refractivity contribution in [2.24, 2.45) is 0 Å². The van der Waals surface area contributed by atoms with Crippen LogP contribution >= 0.6 is 0 Å². The van der Waals surface area contributed by atoms with E-state index in [1.165, 1.54) is 18.9 Å². The molecule has 1 saturated heterocycles. The first-order chi connectivity index (χ1) is 5.83. The van der Waals surface area contributed by atoms with Crippen molar-refractivity contribution in [3.63, 3.8) is 0 Å². The maximum absolute atomic E-state index is 5.94. The Bertz CT molecular complexity index is 150. The van der Waals surface area contributed by atoms with Gasteiger partial charge in [0.2, 0.25) is 0 Å². The largest absolute Gasteiger partial charge is 0.416 e. The van der Waals surface area contributed by atoms with Crippen molar-refractivity contribution in [1.29, 1.82) is 0 Å². The van der Waals surface area contributed by atoms with E-state index in [1.54, 1.807) is 0 Å². The highest BCUT2D eigenvalue weighted by Crippen LogP contribution is 2.29. The third kappa shape index (κ3) is 3.62. The van der Waals surface area contributed by atoms with Crippen LogP contribution in [0.25, 0.3) is 0 Å². The molecular formula is C10H22OSi2. The van der Waals surface area contributed by atoms with Crippen molar-refractivity contribution in [2.45, 2.75) is 31.0 Å². The molecule has 0 saturated carbocycles. The van der Waals surface area contributed by atoms with Gasteiger partial charge in [-0.25, -0.2) is 0 Å². The first kappa shape index (κ1) is 12.9. The molecule has 76 valence electrons. The van der Waals surface area contributed by atoms with Crippen molar-refractivity contribution in [3.8, 4) is 0 Å². The van der Waals surface area contributed by atoms with Crippen molar-refractivity contribution in [2.75, 3.05) is 6.61 Å². The fraction of sp³-hybridized carbons (Fsp3) is 0.600. The third-order valence-corrected chi connectivity index (χ3v) is 6.61. The molecule has 0 spiro atoms. The average molecular weight is 214 g/mol. The van der Waals surface area contributed by atoms with E-state index in [1.807, 2.05) is 12.2 Å². The minimum atomic E-state index is -1.42. The second-order valence-electron chi connectivity index (χ2n) is 3.47. The molecule has 0 amide bonds. The number of hydrogen-bond donors (Lipinski definition) is 0. The minimum absolute atomic E-state index is 0. The summed E-state index contributed by atoms with van der Waals surface area (Å²) in [5.41, 5.74) is 0. The maximum atomic E-state index is 5.94. The maximum Gasteiger partial charge on any atom is 0.200 e. The van der Waals surface area contributed by atoms with Crippen LogP contribution < -0.4 is 0 Å². The van der Waals surface area contributed by atoms with Gasteiger partial charge in [0.1, 0.15) is 0 Å². The Morgan fingerprint density at radius 3 is 2.15 bits per heavy atom. The van der Waals surface area contributed by atoms with E-state index in [4.69, 9.17) is 4.43 Å². The molecule has 0 bridgehead atoms. The van der Waals surface area contributed by atoms with Crippen molar-refractivity contribution in [3.05, 3.63) is 25.3 Å². The second kappa shape index (κ2) is 6.35. The Hall–Kier alpha value is -0.126. The standard InChI is InChI=1S/C10H18OSi.H4Si/c1-3-8-12(9-4-2)10-6-5-7-11-12;/h3-4H,1-2,5-10H2;1H4. The molecule has 1 aliphatic rings. The van der Waals surface area contributed by atoms with Crippen LogP contribution in [0.3, 0.4) is 0 Å². The van der Waals surface area contributed by atoms with Crippen molar-refractivity contribution >= 4 is 19.3 Å². The monoisotopic (exact) mass is 214 g/mol. The van der Waals surface area contributed by atoms with Crippen LogP contribution in [-0.4, -0.2) is 25.9 Å². The summed E-state index contributed by atoms with van der Waals surface area (Å²) in [5, 5.41) is 0. The molecule has 0 aliphatic carbocycles. The van der Waals surface area contributed by atoms with Crippen LogP contribution in [0.4, 0.5) is 0 Å². The predicted molar refractivity (Wildman–Crippen MR) is 67.1 cm³/mol. The summed E-state index contributed by atoms with van der Waals surface area (Å²) in [7, 11) is -1.42. The first-order valence-corrected chi connectivity index (χ1v) is 7.22. The van der Waals surface area contributed by atoms with Gasteiger partial charge < -0.3 is 4.43 Å². The zero-order chi connectivity index (χ0) is 8.86. The molecule has 0 aromatic rings. The predicted octanol–water partition coefficient (Wildman–Crippen LogP) is 1.66. The van der Waals surface area contributed by atoms with Gasteiger partial charge in [-0.1, -0.05) is 18.6 Å². The molecule has 1 aliphatic heterocycles. The van der Waals surface area contributed by atoms with Gasteiger partial charge in [-0.3, -0.25) is 0 Å². The zero-order valence-corrected chi connectivity index (χ0v) is 8.72. The van der Waals surface area contributed by atoms with Gasteiger partial charge in [0.05, 0.1) is 0 Å². The molecule has 1 rings (SSSR count). The van der Waals surface area contributed by atoms with E-state index < -0.39 is 8.32 Å². The molecule has 1 nitrogen and oxygen atoms in total. The van der Waals surface area contributed by atoms with Crippen LogP contribution in [0.15, 0.2) is 25.3 Å². The number of rotatable bonds is 4. The van der Waals surface area contributed by atoms with E-state index in [2.05, 4.69) is 13.2 Å². The smallest absolute Gasteiger partial charge is 0.200 e. The molecule has 0 radical (unpaired) electrons. The Morgan fingerprint density at radius 2 is 1.77 bits per heavy atom. The lowest BCUT2D eigenvalue weighted by Crippen LogP contribution is -2.40. The molecule has 1 heterocycles. The quantitative estimate of drug-likeness (QED) is 0.511. The van der Waals surface area contributed by atoms with Gasteiger partial charge in [0.15, 0.2) is 8.32 Å². The minimum Gasteiger partial charge on any atom is -0.416 e. The summed E-state index contributed by atoms with van der Waals surface area (Å²) in [4.78, 5) is 0. The summed E-state index contributed by atoms with van der Waals surface area (Å²) in [6.45, 7) is 8.57. The van der Waals surface area contributed by atoms with E-state index in [0.717, 1.165) is 18.7 Å². The first-order valence-electron chi connectivity index (χ1n) is 4.69. The molecule has 0 N–H and O–H groups in total. The van der Waals surface area contributed by atoms with Crippen molar-refractivity contribution in [1.82, 2.24) is 0 Å². The molecule has 1 fully saturated rings. The molecule has 0 aromatic carbocycles. The number of allylic oxidation sites excluding steroid dienone is 2. The lowest BCUT2D eigenvalue weighted by Gasteiger charge is -2.33. The fourth-order valence-corrected chi connectivity index (χ4v) is 5.32. The topological polar surface area (TPSA) is 9.23 Å². The van der Waals surface area contributed by atoms with Gasteiger partial charge in [0.25, 0.3) is 0 Å². The zero-order valence-electron chi connectivity index (χ0n) is 7.72. The molecule has 0 unspecified atom stereocenters. The summed E-state index contributed by atoms with van der Waals surface area (Å²) >= 11 is 0. The van der Waals surface area contributed by atoms with Gasteiger partial charge in [0, 0.05) is 6.61 Å². The molecule has 0 aromatic heterocycles. The van der Waals surface area contributed by atoms with E-state index >= 15 is 0 Å². The van der Waals surface area contributed by atoms with E-state index in [0.29, 0.717) is 0 Å². The summed E-state index contributed by atoms with van der Waals surface area (Å²) in [6, 6.07) is 3.49. The van der Waals surface area contributed by atoms with Gasteiger partial charge >= 0.3 is 0 Å². The van der Waals surface area contributed by atoms with E-state index in [-0.39, 0.29) is 11.0 Å². The molecule has 3 heteroatoms. The molecule has 0 atom stereocenters. The van der Waals surface area contributed by atoms with Gasteiger partial charge in [-0.15, -0.1) is 13.2 Å². The Morgan fingerprint density at radius 1 is 1.15 bits per heavy atom. The number of hydrogen-bond acceptors (Lipinski definition) is 1. The van der Waals surface area contributed by atoms with Gasteiger partial charge in [-0.05, 0) is 35.5 Å². The Kier molecular flexibility index (Phi) is 6.28. The highest BCUT2D eigenvalue weighted by molar-refractivity contribution is 6.74. The van der Waals surface area contributed by atoms with Crippen LogP contribution in [0.1, 0.15) is 12.8 Å². The third-order valence-electron chi connectivity index (χ3n) is 2.47. The summed E-state index contributed by atoms with van der Waals surface area (Å²) < 4.78 is 5.94. The Balaban J connectivity index is 0.00000144. The lowest BCUT2D eigenvalue weighted by molar-refractivity contribution is 0.269. The molecular weight excluding hydrogens is 192 g/mol. The molecule has 13 heavy (non-hydrogen) atoms. The summed E-state index contributed by atoms with van der Waals surface area (Å²) in [6.07, 6.45) is 6.61. The van der Waals surface area contributed by atoms with Crippen molar-refractivity contribution < 1.29 is 4.43 Å². The SMILES string of the molecule is C=CC[Si]1(CC=C)CCCCO1.[SiH4]. The fourth-order valence-electron chi connectivity index (χ4n) is 1.84. The lowest BCUT2D eigenvalue weighted by atomic mass is 10.4. The highest BCUT2D eigenvalue weighted by atomic mass is 28.4. The van der Waals surface area contributed by atoms with Crippen LogP contribution in [0.2, 0.25) is 18.1 Å². The van der Waals surface area contributed by atoms with Gasteiger partial charge in [-0.2, -0.15) is 0 Å². The highest BCUT2D eigenvalue weighted by Gasteiger charge is 2.33. The van der Waals surface area contributed by atoms with E-state index in [9.17, 15) is 0 Å². The second-order valence-corrected chi connectivity index (χ2v) is 7.45. The summed E-state index contributed by atoms with van der Waals surface area (Å²) in [5.74, 6) is 0. The van der Waals surface area contributed by atoms with Crippen LogP contribution in [-0.2, 0) is 4.43 Å². The normalized spacial score (nSPS) is 20.0. The Labute approximate surface area is 87.0 Å².